The molecule has 0 bridgehead atoms. The molecule has 2 atom stereocenters. The summed E-state index contributed by atoms with van der Waals surface area (Å²) in [4.78, 5) is 18.3. The van der Waals surface area contributed by atoms with E-state index in [1.54, 1.807) is 11.0 Å². The number of piperidine rings is 1. The molecule has 1 aliphatic heterocycles. The van der Waals surface area contributed by atoms with Crippen molar-refractivity contribution in [2.45, 2.75) is 37.7 Å². The number of carbonyl (C=O) groups is 1. The second-order valence-electron chi connectivity index (χ2n) is 6.15. The molecule has 21 heavy (non-hydrogen) atoms. The molecule has 1 aliphatic carbocycles. The Morgan fingerprint density at radius 2 is 2.29 bits per heavy atom. The highest BCUT2D eigenvalue weighted by molar-refractivity contribution is 6.32. The van der Waals surface area contributed by atoms with Crippen molar-refractivity contribution in [2.75, 3.05) is 18.8 Å². The van der Waals surface area contributed by atoms with Crippen LogP contribution in [0.5, 0.6) is 0 Å². The number of halogens is 1. The van der Waals surface area contributed by atoms with Crippen LogP contribution in [0.1, 0.15) is 42.5 Å². The molecule has 0 aromatic carbocycles. The van der Waals surface area contributed by atoms with E-state index in [1.165, 1.54) is 6.20 Å². The molecule has 2 fully saturated rings. The lowest BCUT2D eigenvalue weighted by Crippen LogP contribution is -2.54. The molecule has 3 rings (SSSR count). The average molecular weight is 310 g/mol. The van der Waals surface area contributed by atoms with Crippen LogP contribution >= 0.6 is 11.6 Å². The number of fused-ring (bicyclic) bond motifs is 1. The first-order valence-electron chi connectivity index (χ1n) is 7.42. The van der Waals surface area contributed by atoms with E-state index < -0.39 is 5.60 Å². The molecule has 1 saturated carbocycles. The van der Waals surface area contributed by atoms with E-state index in [0.29, 0.717) is 30.8 Å². The van der Waals surface area contributed by atoms with Crippen molar-refractivity contribution in [1.82, 2.24) is 9.88 Å². The van der Waals surface area contributed by atoms with Crippen molar-refractivity contribution in [3.63, 3.8) is 0 Å². The second-order valence-corrected chi connectivity index (χ2v) is 6.51. The standard InChI is InChI=1S/C15H20ClN3O2/c16-13-12(7-11(17)8-18-13)14(20)19-6-5-15(21)4-2-1-3-10(15)9-19/h7-8,10,21H,1-6,9,17H2. The predicted octanol–water partition coefficient (Wildman–Crippen LogP) is 2.08. The molecule has 1 aromatic heterocycles. The van der Waals surface area contributed by atoms with Gasteiger partial charge in [0.15, 0.2) is 0 Å². The average Bonchev–Trinajstić information content (AvgIpc) is 2.48. The van der Waals surface area contributed by atoms with E-state index in [9.17, 15) is 9.90 Å². The summed E-state index contributed by atoms with van der Waals surface area (Å²) in [6.07, 6.45) is 6.09. The van der Waals surface area contributed by atoms with Crippen LogP contribution in [-0.2, 0) is 0 Å². The normalized spacial score (nSPS) is 29.0. The molecule has 3 N–H and O–H groups in total. The lowest BCUT2D eigenvalue weighted by molar-refractivity contribution is -0.0886. The SMILES string of the molecule is Nc1cnc(Cl)c(C(=O)N2CCC3(O)CCCCC3C2)c1. The van der Waals surface area contributed by atoms with Gasteiger partial charge in [0.25, 0.3) is 5.91 Å². The number of likely N-dealkylation sites (tertiary alicyclic amines) is 1. The number of nitrogens with two attached hydrogens (primary N) is 1. The summed E-state index contributed by atoms with van der Waals surface area (Å²) >= 11 is 6.01. The van der Waals surface area contributed by atoms with E-state index in [1.807, 2.05) is 0 Å². The van der Waals surface area contributed by atoms with Gasteiger partial charge < -0.3 is 15.7 Å². The lowest BCUT2D eigenvalue weighted by atomic mass is 9.71. The summed E-state index contributed by atoms with van der Waals surface area (Å²) in [6, 6.07) is 1.57. The Morgan fingerprint density at radius 1 is 1.48 bits per heavy atom. The highest BCUT2D eigenvalue weighted by Crippen LogP contribution is 2.40. The van der Waals surface area contributed by atoms with Crippen LogP contribution in [0.3, 0.4) is 0 Å². The van der Waals surface area contributed by atoms with Gasteiger partial charge in [-0.2, -0.15) is 0 Å². The Labute approximate surface area is 129 Å². The minimum atomic E-state index is -0.590. The molecule has 114 valence electrons. The number of hydrogen-bond donors (Lipinski definition) is 2. The third-order valence-electron chi connectivity index (χ3n) is 4.81. The highest BCUT2D eigenvalue weighted by Gasteiger charge is 2.44. The summed E-state index contributed by atoms with van der Waals surface area (Å²) in [5, 5.41) is 10.8. The van der Waals surface area contributed by atoms with Gasteiger partial charge in [0.2, 0.25) is 0 Å². The molecular weight excluding hydrogens is 290 g/mol. The molecule has 6 heteroatoms. The number of carbonyl (C=O) groups excluding carboxylic acids is 1. The van der Waals surface area contributed by atoms with Gasteiger partial charge in [-0.25, -0.2) is 4.98 Å². The fourth-order valence-electron chi connectivity index (χ4n) is 3.54. The molecule has 1 aromatic rings. The number of hydrogen-bond acceptors (Lipinski definition) is 4. The molecule has 0 spiro atoms. The van der Waals surface area contributed by atoms with Crippen molar-refractivity contribution >= 4 is 23.2 Å². The van der Waals surface area contributed by atoms with Gasteiger partial charge in [-0.3, -0.25) is 4.79 Å². The second kappa shape index (κ2) is 5.46. The van der Waals surface area contributed by atoms with E-state index in [0.717, 1.165) is 25.7 Å². The maximum atomic E-state index is 12.6. The zero-order valence-electron chi connectivity index (χ0n) is 11.9. The van der Waals surface area contributed by atoms with Crippen molar-refractivity contribution in [2.24, 2.45) is 5.92 Å². The zero-order valence-corrected chi connectivity index (χ0v) is 12.6. The van der Waals surface area contributed by atoms with Crippen molar-refractivity contribution < 1.29 is 9.90 Å². The molecule has 2 aliphatic rings. The van der Waals surface area contributed by atoms with Gasteiger partial charge in [0, 0.05) is 19.0 Å². The van der Waals surface area contributed by atoms with Crippen LogP contribution in [0, 0.1) is 5.92 Å². The molecule has 2 heterocycles. The maximum absolute atomic E-state index is 12.6. The number of aromatic nitrogens is 1. The van der Waals surface area contributed by atoms with Gasteiger partial charge in [-0.05, 0) is 25.3 Å². The van der Waals surface area contributed by atoms with Crippen LogP contribution in [0.2, 0.25) is 5.15 Å². The minimum Gasteiger partial charge on any atom is -0.397 e. The summed E-state index contributed by atoms with van der Waals surface area (Å²) in [6.45, 7) is 1.14. The fraction of sp³-hybridized carbons (Fsp3) is 0.600. The van der Waals surface area contributed by atoms with Gasteiger partial charge in [-0.1, -0.05) is 24.4 Å². The fourth-order valence-corrected chi connectivity index (χ4v) is 3.72. The first-order chi connectivity index (χ1) is 9.99. The zero-order chi connectivity index (χ0) is 15.0. The first kappa shape index (κ1) is 14.6. The largest absolute Gasteiger partial charge is 0.397 e. The first-order valence-corrected chi connectivity index (χ1v) is 7.80. The molecule has 1 saturated heterocycles. The molecule has 1 amide bonds. The number of nitrogen functional groups attached to an aromatic ring is 1. The molecule has 5 nitrogen and oxygen atoms in total. The Morgan fingerprint density at radius 3 is 3.10 bits per heavy atom. The molecular formula is C15H20ClN3O2. The van der Waals surface area contributed by atoms with Crippen molar-refractivity contribution in [3.05, 3.63) is 23.0 Å². The topological polar surface area (TPSA) is 79.5 Å². The van der Waals surface area contributed by atoms with Crippen LogP contribution in [0.15, 0.2) is 12.3 Å². The minimum absolute atomic E-state index is 0.146. The third kappa shape index (κ3) is 2.72. The van der Waals surface area contributed by atoms with Crippen molar-refractivity contribution in [1.29, 1.82) is 0 Å². The number of aliphatic hydroxyl groups is 1. The Kier molecular flexibility index (Phi) is 3.80. The summed E-state index contributed by atoms with van der Waals surface area (Å²) in [5.41, 5.74) is 5.87. The monoisotopic (exact) mass is 309 g/mol. The summed E-state index contributed by atoms with van der Waals surface area (Å²) in [5.74, 6) is 0.0177. The van der Waals surface area contributed by atoms with E-state index in [4.69, 9.17) is 17.3 Å². The Hall–Kier alpha value is -1.33. The summed E-state index contributed by atoms with van der Waals surface area (Å²) < 4.78 is 0. The Balaban J connectivity index is 1.79. The van der Waals surface area contributed by atoms with E-state index in [-0.39, 0.29) is 17.0 Å². The number of anilines is 1. The highest BCUT2D eigenvalue weighted by atomic mass is 35.5. The van der Waals surface area contributed by atoms with Gasteiger partial charge in [0.05, 0.1) is 23.0 Å². The number of pyridine rings is 1. The molecule has 2 unspecified atom stereocenters. The number of amides is 1. The van der Waals surface area contributed by atoms with E-state index >= 15 is 0 Å². The van der Waals surface area contributed by atoms with Crippen LogP contribution in [-0.4, -0.2) is 39.6 Å². The van der Waals surface area contributed by atoms with E-state index in [2.05, 4.69) is 4.98 Å². The van der Waals surface area contributed by atoms with Crippen LogP contribution in [0.4, 0.5) is 5.69 Å². The van der Waals surface area contributed by atoms with Gasteiger partial charge in [-0.15, -0.1) is 0 Å². The smallest absolute Gasteiger partial charge is 0.257 e. The maximum Gasteiger partial charge on any atom is 0.257 e. The van der Waals surface area contributed by atoms with Crippen LogP contribution < -0.4 is 5.73 Å². The van der Waals surface area contributed by atoms with Gasteiger partial charge in [0.1, 0.15) is 5.15 Å². The van der Waals surface area contributed by atoms with Crippen molar-refractivity contribution in [3.8, 4) is 0 Å². The quantitative estimate of drug-likeness (QED) is 0.778. The lowest BCUT2D eigenvalue weighted by Gasteiger charge is -2.47. The third-order valence-corrected chi connectivity index (χ3v) is 5.11. The summed E-state index contributed by atoms with van der Waals surface area (Å²) in [7, 11) is 0. The van der Waals surface area contributed by atoms with Crippen LogP contribution in [0.25, 0.3) is 0 Å². The molecule has 0 radical (unpaired) electrons. The number of rotatable bonds is 1. The predicted molar refractivity (Wildman–Crippen MR) is 81.1 cm³/mol. The van der Waals surface area contributed by atoms with Gasteiger partial charge >= 0.3 is 0 Å². The number of nitrogens with zero attached hydrogens (tertiary/aromatic N) is 2. The Bertz CT molecular complexity index is 566.